The van der Waals surface area contributed by atoms with E-state index in [-0.39, 0.29) is 71.4 Å². The minimum Gasteiger partial charge on any atom is -0.486 e. The Morgan fingerprint density at radius 3 is 2.22 bits per heavy atom. The highest BCUT2D eigenvalue weighted by Crippen LogP contribution is 2.68. The number of esters is 1. The third-order valence-electron chi connectivity index (χ3n) is 12.3. The number of hydrogen-bond acceptors (Lipinski definition) is 12. The second-order valence-corrected chi connectivity index (χ2v) is 20.7. The zero-order valence-electron chi connectivity index (χ0n) is 36.6. The molecule has 2 N–H and O–H groups in total. The van der Waals surface area contributed by atoms with Gasteiger partial charge in [-0.2, -0.15) is 0 Å². The highest BCUT2D eigenvalue weighted by atomic mass is 16.7. The van der Waals surface area contributed by atoms with Crippen molar-refractivity contribution in [2.45, 2.75) is 162 Å². The molecule has 1 aromatic carbocycles. The molecule has 0 spiro atoms. The van der Waals surface area contributed by atoms with Gasteiger partial charge in [-0.05, 0) is 123 Å². The molecule has 2 aliphatic heterocycles. The molecule has 15 nitrogen and oxygen atoms in total. The molecule has 59 heavy (non-hydrogen) atoms. The van der Waals surface area contributed by atoms with E-state index >= 15 is 0 Å². The molecule has 15 heteroatoms. The molecule has 8 atom stereocenters. The van der Waals surface area contributed by atoms with E-state index in [1.807, 2.05) is 6.07 Å². The monoisotopic (exact) mass is 822 g/mol. The number of nitrogens with zero attached hydrogens (tertiary/aromatic N) is 2. The van der Waals surface area contributed by atoms with Crippen LogP contribution in [-0.4, -0.2) is 93.0 Å². The van der Waals surface area contributed by atoms with Crippen molar-refractivity contribution in [1.29, 1.82) is 0 Å². The van der Waals surface area contributed by atoms with Crippen LogP contribution in [-0.2, 0) is 28.5 Å². The Morgan fingerprint density at radius 1 is 0.932 bits per heavy atom. The number of rotatable bonds is 10. The Bertz CT molecular complexity index is 1940. The second-order valence-electron chi connectivity index (χ2n) is 20.7. The lowest BCUT2D eigenvalue weighted by Crippen LogP contribution is -2.65. The number of alkyl carbamates (subject to hydrolysis) is 1. The van der Waals surface area contributed by atoms with Crippen LogP contribution in [0.1, 0.15) is 142 Å². The quantitative estimate of drug-likeness (QED) is 0.137. The summed E-state index contributed by atoms with van der Waals surface area (Å²) in [6.07, 6.45) is 3.21. The molecule has 6 fully saturated rings. The van der Waals surface area contributed by atoms with Gasteiger partial charge in [0.2, 0.25) is 5.91 Å². The van der Waals surface area contributed by atoms with E-state index in [9.17, 15) is 19.2 Å². The summed E-state index contributed by atoms with van der Waals surface area (Å²) < 4.78 is 42.8. The van der Waals surface area contributed by atoms with E-state index in [2.05, 4.69) is 36.1 Å². The fraction of sp³-hybridized carbons (Fsp3) is 0.705. The smallest absolute Gasteiger partial charge is 0.486 e. The molecule has 2 saturated heterocycles. The van der Waals surface area contributed by atoms with Crippen LogP contribution in [0.5, 0.6) is 11.5 Å². The maximum atomic E-state index is 14.2. The van der Waals surface area contributed by atoms with Crippen LogP contribution in [0.25, 0.3) is 0 Å². The number of aromatic amines is 1. The zero-order chi connectivity index (χ0) is 43.0. The molecule has 4 unspecified atom stereocenters. The first-order valence-corrected chi connectivity index (χ1v) is 20.9. The molecule has 6 aliphatic rings. The highest BCUT2D eigenvalue weighted by molar-refractivity contribution is 5.97. The number of hydrogen-bond donors (Lipinski definition) is 2. The molecule has 2 amide bonds. The first kappa shape index (κ1) is 42.7. The lowest BCUT2D eigenvalue weighted by atomic mass is 9.43. The molecule has 2 aromatic rings. The van der Waals surface area contributed by atoms with Gasteiger partial charge in [0.25, 0.3) is 0 Å². The molecular formula is C44H62N4O11. The summed E-state index contributed by atoms with van der Waals surface area (Å²) in [6, 6.07) is 2.80. The summed E-state index contributed by atoms with van der Waals surface area (Å²) in [7, 11) is 0. The summed E-state index contributed by atoms with van der Waals surface area (Å²) in [5, 5.41) is 2.77. The fourth-order valence-electron chi connectivity index (χ4n) is 9.26. The number of carbonyl (C=O) groups excluding carboxylic acids is 4. The van der Waals surface area contributed by atoms with Gasteiger partial charge in [-0.1, -0.05) is 19.9 Å². The molecule has 4 saturated carbocycles. The van der Waals surface area contributed by atoms with E-state index in [0.717, 1.165) is 12.8 Å². The topological polar surface area (TPSA) is 177 Å². The molecular weight excluding hydrogens is 761 g/mol. The van der Waals surface area contributed by atoms with Gasteiger partial charge in [0.1, 0.15) is 34.2 Å². The Kier molecular flexibility index (Phi) is 10.8. The summed E-state index contributed by atoms with van der Waals surface area (Å²) in [5.74, 6) is 0.0304. The number of amides is 2. The number of aromatic nitrogens is 2. The molecule has 3 heterocycles. The highest BCUT2D eigenvalue weighted by Gasteiger charge is 2.69. The lowest BCUT2D eigenvalue weighted by Gasteiger charge is -2.63. The van der Waals surface area contributed by atoms with Crippen LogP contribution in [0.2, 0.25) is 0 Å². The van der Waals surface area contributed by atoms with Crippen LogP contribution in [0.4, 0.5) is 9.59 Å². The second kappa shape index (κ2) is 15.0. The lowest BCUT2D eigenvalue weighted by molar-refractivity contribution is -0.210. The number of likely N-dealkylation sites (tertiary alicyclic amines) is 1. The van der Waals surface area contributed by atoms with Gasteiger partial charge in [0, 0.05) is 5.92 Å². The van der Waals surface area contributed by atoms with Crippen molar-refractivity contribution in [3.63, 3.8) is 0 Å². The number of H-pyrrole nitrogens is 1. The van der Waals surface area contributed by atoms with Gasteiger partial charge in [0.05, 0.1) is 55.5 Å². The van der Waals surface area contributed by atoms with E-state index < -0.39 is 53.5 Å². The average Bonchev–Trinajstić information content (AvgIpc) is 3.47. The van der Waals surface area contributed by atoms with Gasteiger partial charge >= 0.3 is 18.2 Å². The maximum Gasteiger partial charge on any atom is 0.514 e. The predicted molar refractivity (Wildman–Crippen MR) is 214 cm³/mol. The average molecular weight is 823 g/mol. The zero-order valence-corrected chi connectivity index (χ0v) is 36.6. The van der Waals surface area contributed by atoms with Crippen molar-refractivity contribution >= 4 is 24.1 Å². The molecule has 4 aliphatic carbocycles. The van der Waals surface area contributed by atoms with Crippen molar-refractivity contribution in [2.75, 3.05) is 13.1 Å². The Balaban J connectivity index is 1.11. The van der Waals surface area contributed by atoms with Crippen molar-refractivity contribution in [1.82, 2.24) is 20.2 Å². The Morgan fingerprint density at radius 2 is 1.61 bits per heavy atom. The molecule has 2 bridgehead atoms. The molecule has 0 radical (unpaired) electrons. The van der Waals surface area contributed by atoms with Gasteiger partial charge in [-0.15, -0.1) is 0 Å². The van der Waals surface area contributed by atoms with E-state index in [4.69, 9.17) is 33.2 Å². The molecule has 1 aromatic heterocycles. The minimum atomic E-state index is -0.973. The third-order valence-corrected chi connectivity index (χ3v) is 12.3. The Hall–Kier alpha value is -4.37. The van der Waals surface area contributed by atoms with Crippen LogP contribution in [0, 0.1) is 23.2 Å². The largest absolute Gasteiger partial charge is 0.514 e. The van der Waals surface area contributed by atoms with Crippen molar-refractivity contribution < 1.29 is 52.3 Å². The standard InChI is InChI=1S/C44H62N4O11/c1-40(2,3)56-36(50)34-30(53-24-20-48(21-24)33(49)18-28(29-19-45-22-46-29)47-38(51)58-41(4,5)6)14-13-25(35(34)55-39(52)59-42(7,8)9)26-17-27(26)37-54-32-16-23-15-31(43(23,10)11)44(32,12)57-37/h13-14,19,22-24,26-28,31-32,37H,15-18,20-21H2,1-12H3,(H,45,46)(H,47,51)/t23-,26?,27?,28?,31-,32+,37?,44-/m0/s1. The van der Waals surface area contributed by atoms with E-state index in [0.29, 0.717) is 29.5 Å². The number of nitrogens with one attached hydrogen (secondary N) is 2. The first-order valence-electron chi connectivity index (χ1n) is 20.9. The van der Waals surface area contributed by atoms with Crippen LogP contribution < -0.4 is 14.8 Å². The number of benzene rings is 1. The van der Waals surface area contributed by atoms with Crippen LogP contribution in [0.15, 0.2) is 24.7 Å². The Labute approximate surface area is 346 Å². The summed E-state index contributed by atoms with van der Waals surface area (Å²) in [5.41, 5.74) is -1.53. The third kappa shape index (κ3) is 9.06. The van der Waals surface area contributed by atoms with Crippen LogP contribution >= 0.6 is 0 Å². The molecule has 8 rings (SSSR count). The summed E-state index contributed by atoms with van der Waals surface area (Å²) in [6.45, 7) is 23.0. The summed E-state index contributed by atoms with van der Waals surface area (Å²) >= 11 is 0. The summed E-state index contributed by atoms with van der Waals surface area (Å²) in [4.78, 5) is 62.3. The van der Waals surface area contributed by atoms with Gasteiger partial charge < -0.3 is 48.4 Å². The van der Waals surface area contributed by atoms with Gasteiger partial charge in [-0.3, -0.25) is 4.79 Å². The minimum absolute atomic E-state index is 0.00591. The van der Waals surface area contributed by atoms with Crippen molar-refractivity contribution in [2.24, 2.45) is 23.2 Å². The SMILES string of the molecule is CC(C)(C)OC(=O)NC(CC(=O)N1CC(Oc2ccc(C3CC3C3O[C@@H]4C[C@@H]5C[C@@H](C5(C)C)[C@]4(C)O3)c(OC(=O)OC(C)(C)C)c2C(=O)OC(C)(C)C)C1)c1cnc[nH]1. The van der Waals surface area contributed by atoms with Gasteiger partial charge in [0.15, 0.2) is 12.0 Å². The predicted octanol–water partition coefficient (Wildman–Crippen LogP) is 7.59. The normalized spacial score (nSPS) is 28.9. The fourth-order valence-corrected chi connectivity index (χ4v) is 9.26. The van der Waals surface area contributed by atoms with Crippen molar-refractivity contribution in [3.8, 4) is 11.5 Å². The van der Waals surface area contributed by atoms with E-state index in [1.54, 1.807) is 79.5 Å². The number of ether oxygens (including phenoxy) is 7. The number of imidazole rings is 1. The van der Waals surface area contributed by atoms with Gasteiger partial charge in [-0.25, -0.2) is 19.4 Å². The van der Waals surface area contributed by atoms with Crippen molar-refractivity contribution in [3.05, 3.63) is 41.5 Å². The van der Waals surface area contributed by atoms with E-state index in [1.165, 1.54) is 6.33 Å². The number of carbonyl (C=O) groups is 4. The van der Waals surface area contributed by atoms with Crippen LogP contribution in [0.3, 0.4) is 0 Å². The molecule has 324 valence electrons. The maximum absolute atomic E-state index is 14.2. The first-order chi connectivity index (χ1) is 27.3.